The van der Waals surface area contributed by atoms with Crippen LogP contribution in [0.5, 0.6) is 0 Å². The van der Waals surface area contributed by atoms with Gasteiger partial charge in [0.15, 0.2) is 0 Å². The Morgan fingerprint density at radius 3 is 2.35 bits per heavy atom. The highest BCUT2D eigenvalue weighted by Crippen LogP contribution is 2.38. The first-order valence-electron chi connectivity index (χ1n) is 8.26. The van der Waals surface area contributed by atoms with Crippen LogP contribution in [-0.4, -0.2) is 4.98 Å². The van der Waals surface area contributed by atoms with Gasteiger partial charge in [-0.05, 0) is 35.6 Å². The zero-order valence-corrected chi connectivity index (χ0v) is 13.9. The van der Waals surface area contributed by atoms with Crippen LogP contribution in [0.1, 0.15) is 30.9 Å². The maximum absolute atomic E-state index is 3.65. The van der Waals surface area contributed by atoms with Crippen molar-refractivity contribution in [2.45, 2.75) is 26.7 Å². The molecule has 3 aromatic carbocycles. The van der Waals surface area contributed by atoms with E-state index >= 15 is 0 Å². The fourth-order valence-corrected chi connectivity index (χ4v) is 3.60. The maximum Gasteiger partial charge on any atom is 0.0547 e. The number of aryl methyl sites for hydroxylation is 1. The molecule has 1 aromatic heterocycles. The summed E-state index contributed by atoms with van der Waals surface area (Å²) in [6.45, 7) is 6.73. The summed E-state index contributed by atoms with van der Waals surface area (Å²) in [4.78, 5) is 3.65. The van der Waals surface area contributed by atoms with Gasteiger partial charge in [-0.3, -0.25) is 0 Å². The summed E-state index contributed by atoms with van der Waals surface area (Å²) < 4.78 is 0. The molecule has 0 atom stereocenters. The van der Waals surface area contributed by atoms with Crippen molar-refractivity contribution < 1.29 is 0 Å². The van der Waals surface area contributed by atoms with Gasteiger partial charge in [0, 0.05) is 21.9 Å². The molecule has 0 radical (unpaired) electrons. The lowest BCUT2D eigenvalue weighted by Crippen LogP contribution is -1.94. The number of benzene rings is 3. The van der Waals surface area contributed by atoms with Crippen molar-refractivity contribution in [3.05, 3.63) is 71.8 Å². The molecule has 0 fully saturated rings. The van der Waals surface area contributed by atoms with E-state index in [9.17, 15) is 0 Å². The van der Waals surface area contributed by atoms with Gasteiger partial charge in [0.25, 0.3) is 0 Å². The largest absolute Gasteiger partial charge is 0.354 e. The third-order valence-corrected chi connectivity index (χ3v) is 4.74. The molecular formula is C22H21N. The van der Waals surface area contributed by atoms with Crippen molar-refractivity contribution in [2.75, 3.05) is 0 Å². The molecule has 0 aliphatic rings. The topological polar surface area (TPSA) is 15.8 Å². The van der Waals surface area contributed by atoms with Gasteiger partial charge >= 0.3 is 0 Å². The zero-order valence-electron chi connectivity index (χ0n) is 13.9. The van der Waals surface area contributed by atoms with Gasteiger partial charge in [-0.15, -0.1) is 0 Å². The quantitative estimate of drug-likeness (QED) is 0.439. The van der Waals surface area contributed by atoms with Gasteiger partial charge in [-0.1, -0.05) is 68.4 Å². The molecule has 1 nitrogen and oxygen atoms in total. The molecule has 0 unspecified atom stereocenters. The first-order chi connectivity index (χ1) is 11.2. The fourth-order valence-electron chi connectivity index (χ4n) is 3.60. The number of hydrogen-bond acceptors (Lipinski definition) is 0. The number of rotatable bonds is 2. The number of fused-ring (bicyclic) bond motifs is 3. The summed E-state index contributed by atoms with van der Waals surface area (Å²) in [5, 5.41) is 2.60. The second-order valence-electron chi connectivity index (χ2n) is 6.59. The molecule has 1 heterocycles. The van der Waals surface area contributed by atoms with Crippen LogP contribution < -0.4 is 0 Å². The highest BCUT2D eigenvalue weighted by Gasteiger charge is 2.15. The Morgan fingerprint density at radius 2 is 1.52 bits per heavy atom. The van der Waals surface area contributed by atoms with Crippen molar-refractivity contribution in [1.82, 2.24) is 4.98 Å². The van der Waals surface area contributed by atoms with Crippen LogP contribution in [0.2, 0.25) is 0 Å². The third-order valence-electron chi connectivity index (χ3n) is 4.74. The zero-order chi connectivity index (χ0) is 16.0. The number of para-hydroxylation sites is 1. The van der Waals surface area contributed by atoms with Gasteiger partial charge in [-0.2, -0.15) is 0 Å². The Kier molecular flexibility index (Phi) is 3.23. The highest BCUT2D eigenvalue weighted by molar-refractivity contribution is 6.12. The fraction of sp³-hybridized carbons (Fsp3) is 0.182. The number of aromatic amines is 1. The summed E-state index contributed by atoms with van der Waals surface area (Å²) >= 11 is 0. The molecule has 0 aliphatic heterocycles. The highest BCUT2D eigenvalue weighted by atomic mass is 14.7. The predicted octanol–water partition coefficient (Wildman–Crippen LogP) is 6.42. The Bertz CT molecular complexity index is 1010. The van der Waals surface area contributed by atoms with Crippen molar-refractivity contribution in [3.63, 3.8) is 0 Å². The summed E-state index contributed by atoms with van der Waals surface area (Å²) in [7, 11) is 0. The van der Waals surface area contributed by atoms with E-state index in [1.807, 2.05) is 0 Å². The molecule has 4 aromatic rings. The van der Waals surface area contributed by atoms with Crippen LogP contribution >= 0.6 is 0 Å². The number of H-pyrrole nitrogens is 1. The van der Waals surface area contributed by atoms with E-state index in [2.05, 4.69) is 86.4 Å². The molecule has 0 aliphatic carbocycles. The lowest BCUT2D eigenvalue weighted by Gasteiger charge is -2.15. The monoisotopic (exact) mass is 299 g/mol. The van der Waals surface area contributed by atoms with E-state index < -0.39 is 0 Å². The van der Waals surface area contributed by atoms with E-state index in [1.54, 1.807) is 0 Å². The van der Waals surface area contributed by atoms with Gasteiger partial charge in [0.1, 0.15) is 0 Å². The minimum absolute atomic E-state index is 0.505. The molecular weight excluding hydrogens is 278 g/mol. The molecule has 0 amide bonds. The standard InChI is InChI=1S/C22H21N/c1-14(2)16-8-4-5-10-18(16)21-15(3)12-13-19-17-9-6-7-11-20(17)23-22(19)21/h4-14,23H,1-3H3. The second-order valence-corrected chi connectivity index (χ2v) is 6.59. The summed E-state index contributed by atoms with van der Waals surface area (Å²) in [6.07, 6.45) is 0. The summed E-state index contributed by atoms with van der Waals surface area (Å²) in [6, 6.07) is 21.8. The van der Waals surface area contributed by atoms with Gasteiger partial charge in [0.2, 0.25) is 0 Å². The van der Waals surface area contributed by atoms with E-state index in [-0.39, 0.29) is 0 Å². The van der Waals surface area contributed by atoms with Gasteiger partial charge < -0.3 is 4.98 Å². The summed E-state index contributed by atoms with van der Waals surface area (Å²) in [5.74, 6) is 0.505. The van der Waals surface area contributed by atoms with Crippen LogP contribution in [0.3, 0.4) is 0 Å². The smallest absolute Gasteiger partial charge is 0.0547 e. The van der Waals surface area contributed by atoms with Crippen LogP contribution in [0.15, 0.2) is 60.7 Å². The minimum Gasteiger partial charge on any atom is -0.354 e. The average molecular weight is 299 g/mol. The Morgan fingerprint density at radius 1 is 0.783 bits per heavy atom. The van der Waals surface area contributed by atoms with Crippen molar-refractivity contribution in [1.29, 1.82) is 0 Å². The van der Waals surface area contributed by atoms with E-state index in [0.717, 1.165) is 0 Å². The third kappa shape index (κ3) is 2.16. The van der Waals surface area contributed by atoms with Crippen LogP contribution in [0.25, 0.3) is 32.9 Å². The van der Waals surface area contributed by atoms with E-state index in [1.165, 1.54) is 44.1 Å². The van der Waals surface area contributed by atoms with Crippen molar-refractivity contribution >= 4 is 21.8 Å². The van der Waals surface area contributed by atoms with Crippen molar-refractivity contribution in [3.8, 4) is 11.1 Å². The Labute approximate surface area is 137 Å². The average Bonchev–Trinajstić information content (AvgIpc) is 2.93. The Balaban J connectivity index is 2.13. The number of aromatic nitrogens is 1. The number of nitrogens with one attached hydrogen (secondary N) is 1. The molecule has 114 valence electrons. The molecule has 0 spiro atoms. The predicted molar refractivity (Wildman–Crippen MR) is 100 cm³/mol. The normalized spacial score (nSPS) is 11.7. The van der Waals surface area contributed by atoms with Crippen molar-refractivity contribution in [2.24, 2.45) is 0 Å². The van der Waals surface area contributed by atoms with Gasteiger partial charge in [-0.25, -0.2) is 0 Å². The minimum atomic E-state index is 0.505. The molecule has 23 heavy (non-hydrogen) atoms. The van der Waals surface area contributed by atoms with Gasteiger partial charge in [0.05, 0.1) is 5.52 Å². The Hall–Kier alpha value is -2.54. The van der Waals surface area contributed by atoms with E-state index in [4.69, 9.17) is 0 Å². The maximum atomic E-state index is 3.65. The molecule has 1 N–H and O–H groups in total. The first kappa shape index (κ1) is 14.1. The molecule has 0 saturated carbocycles. The second kappa shape index (κ2) is 5.27. The lowest BCUT2D eigenvalue weighted by molar-refractivity contribution is 0.869. The summed E-state index contributed by atoms with van der Waals surface area (Å²) in [5.41, 5.74) is 7.86. The lowest BCUT2D eigenvalue weighted by atomic mass is 9.89. The molecule has 0 bridgehead atoms. The molecule has 1 heteroatoms. The van der Waals surface area contributed by atoms with E-state index in [0.29, 0.717) is 5.92 Å². The SMILES string of the molecule is Cc1ccc2c([nH]c3ccccc32)c1-c1ccccc1C(C)C. The number of hydrogen-bond donors (Lipinski definition) is 1. The van der Waals surface area contributed by atoms with Crippen LogP contribution in [0, 0.1) is 6.92 Å². The van der Waals surface area contributed by atoms with Crippen LogP contribution in [-0.2, 0) is 0 Å². The molecule has 0 saturated heterocycles. The van der Waals surface area contributed by atoms with Crippen LogP contribution in [0.4, 0.5) is 0 Å². The molecule has 4 rings (SSSR count). The first-order valence-corrected chi connectivity index (χ1v) is 8.26.